The lowest BCUT2D eigenvalue weighted by molar-refractivity contribution is 0.0810. The van der Waals surface area contributed by atoms with Crippen LogP contribution in [0.25, 0.3) is 44.5 Å². The van der Waals surface area contributed by atoms with Gasteiger partial charge in [-0.3, -0.25) is 28.8 Å². The van der Waals surface area contributed by atoms with E-state index < -0.39 is 23.1 Å². The van der Waals surface area contributed by atoms with Crippen LogP contribution in [0.1, 0.15) is 142 Å². The molecule has 0 bridgehead atoms. The van der Waals surface area contributed by atoms with Crippen LogP contribution < -0.4 is 19.9 Å². The number of hydrogen-bond donors (Lipinski definition) is 3. The standard InChI is InChI=1S/C16H15NO4.C16H17NO3.C15H13NO4.C11H9NO3/c1-16(2,3)15-17-11-13(19)12(18)10-8(14(11)21-15)6-5-7-9(10)20-4;1-16(2,3)15-17-10-8-11(18)13-9(14(10)20-15)6-5-7-12(13)19-4;1-15(2,3)14-16-10-12(19)11(18)9-7(13(10)20-14)5-4-6-8(9)17;1-15-9-4-2-3-6-10(9)8(13)5-7(12)11(6)14/h5-7H,1-4H3;5-8,18H,1-4H3;4-6,17H,1-3H3;2-5H,12H2,1H3. The van der Waals surface area contributed by atoms with Crippen molar-refractivity contribution in [3.63, 3.8) is 0 Å². The molecule has 3 heterocycles. The minimum atomic E-state index is -0.751. The molecule has 0 spiro atoms. The van der Waals surface area contributed by atoms with Crippen molar-refractivity contribution in [1.82, 2.24) is 15.0 Å². The molecule has 0 fully saturated rings. The number of aromatic nitrogens is 3. The summed E-state index contributed by atoms with van der Waals surface area (Å²) in [6, 6.07) is 21.8. The van der Waals surface area contributed by atoms with E-state index in [9.17, 15) is 39.0 Å². The van der Waals surface area contributed by atoms with Gasteiger partial charge in [-0.25, -0.2) is 15.0 Å². The van der Waals surface area contributed by atoms with E-state index in [2.05, 4.69) is 15.0 Å². The average molecular weight is 1030 g/mol. The second-order valence-electron chi connectivity index (χ2n) is 20.9. The Kier molecular flexibility index (Phi) is 13.7. The molecule has 11 rings (SSSR count). The molecule has 0 saturated heterocycles. The van der Waals surface area contributed by atoms with E-state index in [0.29, 0.717) is 79.4 Å². The first kappa shape index (κ1) is 53.1. The molecule has 3 aromatic heterocycles. The number of ketones is 6. The van der Waals surface area contributed by atoms with Crippen molar-refractivity contribution >= 4 is 56.6 Å². The monoisotopic (exact) mass is 1030 g/mol. The highest BCUT2D eigenvalue weighted by molar-refractivity contribution is 6.53. The first-order valence-electron chi connectivity index (χ1n) is 23.7. The van der Waals surface area contributed by atoms with Crippen LogP contribution in [0.15, 0.2) is 104 Å². The van der Waals surface area contributed by atoms with Crippen LogP contribution >= 0.6 is 0 Å². The number of rotatable bonds is 3. The Morgan fingerprint density at radius 1 is 0.487 bits per heavy atom. The summed E-state index contributed by atoms with van der Waals surface area (Å²) in [5.41, 5.74) is 7.74. The SMILES string of the molecule is CC(C)(C)c1nc2c(o1)-c1cccc(O)c1C(=O)C2=O.COc1cccc2c1C(=O)C(=O)c1nc(C(C)(C)C)oc1-2.COc1cccc2c1C(=O)C=C(N)C2=O.COc1cccc2c1c(O)cc1nc(C(C)(C)C)oc12. The molecule has 390 valence electrons. The molecule has 5 aromatic carbocycles. The van der Waals surface area contributed by atoms with Crippen LogP contribution in [-0.2, 0) is 16.2 Å². The van der Waals surface area contributed by atoms with Crippen molar-refractivity contribution in [3.05, 3.63) is 142 Å². The topological polar surface area (TPSA) is 275 Å². The van der Waals surface area contributed by atoms with E-state index in [1.54, 1.807) is 61.7 Å². The first-order valence-corrected chi connectivity index (χ1v) is 23.7. The Bertz CT molecular complexity index is 3770. The number of ether oxygens (including phenoxy) is 3. The Morgan fingerprint density at radius 2 is 0.934 bits per heavy atom. The van der Waals surface area contributed by atoms with Gasteiger partial charge in [0.05, 0.1) is 49.1 Å². The van der Waals surface area contributed by atoms with E-state index in [-0.39, 0.29) is 73.3 Å². The summed E-state index contributed by atoms with van der Waals surface area (Å²) in [5, 5.41) is 21.5. The highest BCUT2D eigenvalue weighted by Gasteiger charge is 2.40. The van der Waals surface area contributed by atoms with E-state index in [0.717, 1.165) is 11.5 Å². The van der Waals surface area contributed by atoms with Gasteiger partial charge in [0.1, 0.15) is 34.3 Å². The van der Waals surface area contributed by atoms with Gasteiger partial charge in [-0.05, 0) is 30.3 Å². The maximum absolute atomic E-state index is 12.3. The van der Waals surface area contributed by atoms with Gasteiger partial charge in [-0.2, -0.15) is 0 Å². The summed E-state index contributed by atoms with van der Waals surface area (Å²) in [6.07, 6.45) is 1.13. The van der Waals surface area contributed by atoms with Gasteiger partial charge in [0.15, 0.2) is 34.3 Å². The van der Waals surface area contributed by atoms with Gasteiger partial charge in [0, 0.05) is 50.5 Å². The summed E-state index contributed by atoms with van der Waals surface area (Å²) < 4.78 is 32.9. The molecule has 0 radical (unpaired) electrons. The number of aromatic hydroxyl groups is 2. The van der Waals surface area contributed by atoms with Crippen molar-refractivity contribution < 1.29 is 66.4 Å². The summed E-state index contributed by atoms with van der Waals surface area (Å²) in [5.74, 6) is 0.0187. The Morgan fingerprint density at radius 3 is 1.46 bits per heavy atom. The highest BCUT2D eigenvalue weighted by Crippen LogP contribution is 2.43. The van der Waals surface area contributed by atoms with Gasteiger partial charge in [0.2, 0.25) is 35.0 Å². The number of hydrogen-bond acceptors (Lipinski definition) is 18. The molecule has 0 atom stereocenters. The maximum atomic E-state index is 12.3. The van der Waals surface area contributed by atoms with Crippen LogP contribution in [-0.4, -0.2) is 81.2 Å². The summed E-state index contributed by atoms with van der Waals surface area (Å²) in [6.45, 7) is 17.6. The predicted molar refractivity (Wildman–Crippen MR) is 279 cm³/mol. The molecule has 0 aliphatic heterocycles. The van der Waals surface area contributed by atoms with E-state index in [1.165, 1.54) is 20.3 Å². The van der Waals surface area contributed by atoms with Crippen molar-refractivity contribution in [2.75, 3.05) is 21.3 Å². The minimum Gasteiger partial charge on any atom is -0.507 e. The van der Waals surface area contributed by atoms with Gasteiger partial charge in [-0.15, -0.1) is 0 Å². The van der Waals surface area contributed by atoms with E-state index in [1.807, 2.05) is 80.5 Å². The zero-order chi connectivity index (χ0) is 55.5. The van der Waals surface area contributed by atoms with Crippen LogP contribution in [0, 0.1) is 0 Å². The minimum absolute atomic E-state index is 0.0124. The molecule has 0 saturated carbocycles. The number of benzene rings is 5. The largest absolute Gasteiger partial charge is 0.507 e. The Balaban J connectivity index is 0.000000135. The fourth-order valence-corrected chi connectivity index (χ4v) is 8.37. The lowest BCUT2D eigenvalue weighted by atomic mass is 9.90. The predicted octanol–water partition coefficient (Wildman–Crippen LogP) is 10.7. The third kappa shape index (κ3) is 9.48. The molecule has 3 aliphatic rings. The molecule has 18 nitrogen and oxygen atoms in total. The molecule has 0 amide bonds. The van der Waals surface area contributed by atoms with Crippen molar-refractivity contribution in [1.29, 1.82) is 0 Å². The number of phenolic OH excluding ortho intramolecular Hbond substituents is 2. The average Bonchev–Trinajstić information content (AvgIpc) is 4.22. The van der Waals surface area contributed by atoms with Gasteiger partial charge in [-0.1, -0.05) is 105 Å². The number of fused-ring (bicyclic) bond motifs is 10. The zero-order valence-corrected chi connectivity index (χ0v) is 43.8. The molecule has 18 heteroatoms. The van der Waals surface area contributed by atoms with Gasteiger partial charge in [0.25, 0.3) is 11.6 Å². The van der Waals surface area contributed by atoms with Crippen molar-refractivity contribution in [2.45, 2.75) is 78.6 Å². The number of allylic oxidation sites excluding steroid dienone is 2. The van der Waals surface area contributed by atoms with Gasteiger partial charge < -0.3 is 43.4 Å². The number of nitrogens with zero attached hydrogens (tertiary/aromatic N) is 3. The summed E-state index contributed by atoms with van der Waals surface area (Å²) in [7, 11) is 4.50. The molecule has 8 aromatic rings. The first-order chi connectivity index (χ1) is 35.7. The second kappa shape index (κ2) is 19.6. The van der Waals surface area contributed by atoms with Crippen LogP contribution in [0.2, 0.25) is 0 Å². The van der Waals surface area contributed by atoms with Gasteiger partial charge >= 0.3 is 0 Å². The number of phenols is 2. The molecule has 3 aliphatic carbocycles. The Hall–Kier alpha value is -9.19. The third-order valence-corrected chi connectivity index (χ3v) is 12.2. The molecular weight excluding hydrogens is 977 g/mol. The van der Waals surface area contributed by atoms with E-state index >= 15 is 0 Å². The van der Waals surface area contributed by atoms with Crippen LogP contribution in [0.4, 0.5) is 0 Å². The fraction of sp³-hybridized carbons (Fsp3) is 0.259. The van der Waals surface area contributed by atoms with Crippen LogP contribution in [0.5, 0.6) is 28.7 Å². The lowest BCUT2D eigenvalue weighted by Gasteiger charge is -2.15. The summed E-state index contributed by atoms with van der Waals surface area (Å²) in [4.78, 5) is 84.9. The maximum Gasteiger partial charge on any atom is 0.255 e. The zero-order valence-electron chi connectivity index (χ0n) is 43.8. The quantitative estimate of drug-likeness (QED) is 0.139. The number of carbonyl (C=O) groups excluding carboxylic acids is 6. The molecule has 4 N–H and O–H groups in total. The second-order valence-corrected chi connectivity index (χ2v) is 20.9. The highest BCUT2D eigenvalue weighted by atomic mass is 16.5. The molecule has 0 unspecified atom stereocenters. The molecular formula is C58H54N4O14. The lowest BCUT2D eigenvalue weighted by Crippen LogP contribution is -2.22. The molecule has 76 heavy (non-hydrogen) atoms. The smallest absolute Gasteiger partial charge is 0.255 e. The van der Waals surface area contributed by atoms with Crippen molar-refractivity contribution in [2.24, 2.45) is 5.73 Å². The number of oxazole rings is 3. The van der Waals surface area contributed by atoms with Crippen molar-refractivity contribution in [3.8, 4) is 51.4 Å². The summed E-state index contributed by atoms with van der Waals surface area (Å²) >= 11 is 0. The fourth-order valence-electron chi connectivity index (χ4n) is 8.37. The number of carbonyl (C=O) groups is 6. The third-order valence-electron chi connectivity index (χ3n) is 12.2. The number of Topliss-reactive ketones (excluding diaryl/α,β-unsaturated/α-hetero) is 5. The number of methoxy groups -OCH3 is 3. The van der Waals surface area contributed by atoms with E-state index in [4.69, 9.17) is 33.2 Å². The van der Waals surface area contributed by atoms with Crippen LogP contribution in [0.3, 0.4) is 0 Å². The Labute approximate surface area is 435 Å². The normalized spacial score (nSPS) is 13.7. The number of nitrogens with two attached hydrogens (primary N) is 1.